The Hall–Kier alpha value is -2.90. The lowest BCUT2D eigenvalue weighted by Crippen LogP contribution is -2.66. The Morgan fingerprint density at radius 2 is 1.67 bits per heavy atom. The molecular formula is C28H34ClN2O5+. The maximum atomic E-state index is 13.4. The number of nitrogens with zero attached hydrogens (tertiary/aromatic N) is 1. The number of ether oxygens (including phenoxy) is 2. The van der Waals surface area contributed by atoms with Gasteiger partial charge in [-0.25, -0.2) is 9.59 Å². The minimum atomic E-state index is -1.04. The molecule has 8 heteroatoms. The second-order valence-corrected chi connectivity index (χ2v) is 11.3. The molecule has 2 unspecified atom stereocenters. The molecule has 1 N–H and O–H groups in total. The van der Waals surface area contributed by atoms with Crippen LogP contribution in [-0.2, 0) is 14.3 Å². The van der Waals surface area contributed by atoms with Crippen LogP contribution in [0.2, 0.25) is 5.02 Å². The molecule has 192 valence electrons. The smallest absolute Gasteiger partial charge is 0.408 e. The number of ketones is 1. The molecule has 2 bridgehead atoms. The molecule has 3 fully saturated rings. The summed E-state index contributed by atoms with van der Waals surface area (Å²) in [7, 11) is 0. The average Bonchev–Trinajstić information content (AvgIpc) is 2.83. The minimum absolute atomic E-state index is 0.103. The molecule has 3 saturated heterocycles. The number of rotatable bonds is 7. The van der Waals surface area contributed by atoms with E-state index in [1.54, 1.807) is 45.0 Å². The van der Waals surface area contributed by atoms with Gasteiger partial charge in [-0.15, -0.1) is 0 Å². The molecule has 0 aromatic heterocycles. The van der Waals surface area contributed by atoms with Crippen molar-refractivity contribution in [2.75, 3.05) is 26.2 Å². The lowest BCUT2D eigenvalue weighted by atomic mass is 9.82. The van der Waals surface area contributed by atoms with Gasteiger partial charge in [0.05, 0.1) is 13.1 Å². The van der Waals surface area contributed by atoms with Gasteiger partial charge in [-0.2, -0.15) is 0 Å². The first-order valence-corrected chi connectivity index (χ1v) is 12.8. The first-order chi connectivity index (χ1) is 17.0. The maximum Gasteiger partial charge on any atom is 0.408 e. The molecular weight excluding hydrogens is 480 g/mol. The second kappa shape index (κ2) is 10.6. The number of hydrogen-bond acceptors (Lipinski definition) is 5. The van der Waals surface area contributed by atoms with Crippen molar-refractivity contribution in [3.05, 3.63) is 70.7 Å². The van der Waals surface area contributed by atoms with Crippen LogP contribution in [0.25, 0.3) is 0 Å². The lowest BCUT2D eigenvalue weighted by Gasteiger charge is -2.51. The molecule has 0 spiro atoms. The van der Waals surface area contributed by atoms with Gasteiger partial charge in [-0.1, -0.05) is 54.1 Å². The number of quaternary nitrogens is 1. The van der Waals surface area contributed by atoms with Crippen LogP contribution >= 0.6 is 11.6 Å². The van der Waals surface area contributed by atoms with Gasteiger partial charge in [0.25, 0.3) is 0 Å². The third-order valence-electron chi connectivity index (χ3n) is 6.98. The molecule has 2 atom stereocenters. The van der Waals surface area contributed by atoms with Gasteiger partial charge < -0.3 is 19.3 Å². The number of benzene rings is 2. The standard InChI is InChI=1S/C28H33ClN2O5/c1-28(2,3)36-27(34)30-25(21-9-11-22(29)12-10-21)26(33)35-24-18-31(15-13-20(24)14-16-31)17-23(32)19-7-5-4-6-8-19/h4-12,20,24-25H,13-18H2,1-3H3/p+1. The number of amides is 1. The van der Waals surface area contributed by atoms with Gasteiger partial charge in [0.15, 0.2) is 12.1 Å². The zero-order valence-electron chi connectivity index (χ0n) is 21.0. The van der Waals surface area contributed by atoms with E-state index in [0.717, 1.165) is 25.9 Å². The highest BCUT2D eigenvalue weighted by atomic mass is 35.5. The number of nitrogens with one attached hydrogen (secondary N) is 1. The number of esters is 1. The Balaban J connectivity index is 1.48. The molecule has 3 heterocycles. The quantitative estimate of drug-likeness (QED) is 0.322. The molecule has 1 amide bonds. The van der Waals surface area contributed by atoms with Gasteiger partial charge in [-0.3, -0.25) is 4.79 Å². The predicted octanol–water partition coefficient (Wildman–Crippen LogP) is 4.94. The molecule has 7 nitrogen and oxygen atoms in total. The van der Waals surface area contributed by atoms with E-state index >= 15 is 0 Å². The normalized spacial score (nSPS) is 24.0. The molecule has 2 aromatic carbocycles. The van der Waals surface area contributed by atoms with Crippen LogP contribution in [0, 0.1) is 5.92 Å². The van der Waals surface area contributed by atoms with E-state index in [9.17, 15) is 14.4 Å². The van der Waals surface area contributed by atoms with Gasteiger partial charge in [0.2, 0.25) is 5.78 Å². The van der Waals surface area contributed by atoms with Crippen LogP contribution in [0.15, 0.2) is 54.6 Å². The minimum Gasteiger partial charge on any atom is -0.454 e. The van der Waals surface area contributed by atoms with Crippen LogP contribution in [0.5, 0.6) is 0 Å². The van der Waals surface area contributed by atoms with Crippen molar-refractivity contribution in [3.63, 3.8) is 0 Å². The molecule has 3 aliphatic rings. The number of piperidine rings is 3. The summed E-state index contributed by atoms with van der Waals surface area (Å²) in [6.45, 7) is 8.05. The van der Waals surface area contributed by atoms with E-state index in [2.05, 4.69) is 5.32 Å². The first kappa shape index (κ1) is 26.2. The van der Waals surface area contributed by atoms with E-state index in [1.165, 1.54) is 0 Å². The number of Topliss-reactive ketones (excluding diaryl/α,β-unsaturated/α-hetero) is 1. The van der Waals surface area contributed by atoms with E-state index < -0.39 is 23.7 Å². The molecule has 2 aromatic rings. The number of carbonyl (C=O) groups is 3. The summed E-state index contributed by atoms with van der Waals surface area (Å²) in [4.78, 5) is 38.9. The van der Waals surface area contributed by atoms with Crippen molar-refractivity contribution in [2.45, 2.75) is 51.4 Å². The highest BCUT2D eigenvalue weighted by Gasteiger charge is 2.49. The number of fused-ring (bicyclic) bond motifs is 3. The van der Waals surface area contributed by atoms with Gasteiger partial charge in [0.1, 0.15) is 18.7 Å². The van der Waals surface area contributed by atoms with Crippen molar-refractivity contribution < 1.29 is 28.3 Å². The number of carbonyl (C=O) groups excluding carboxylic acids is 3. The summed E-state index contributed by atoms with van der Waals surface area (Å²) in [5.41, 5.74) is 0.547. The highest BCUT2D eigenvalue weighted by molar-refractivity contribution is 6.30. The van der Waals surface area contributed by atoms with Crippen LogP contribution < -0.4 is 5.32 Å². The lowest BCUT2D eigenvalue weighted by molar-refractivity contribution is -0.938. The Bertz CT molecular complexity index is 1090. The van der Waals surface area contributed by atoms with Crippen molar-refractivity contribution in [1.29, 1.82) is 0 Å². The summed E-state index contributed by atoms with van der Waals surface area (Å²) in [5, 5.41) is 3.19. The Morgan fingerprint density at radius 1 is 1.03 bits per heavy atom. The summed E-state index contributed by atoms with van der Waals surface area (Å²) >= 11 is 6.03. The first-order valence-electron chi connectivity index (χ1n) is 12.4. The van der Waals surface area contributed by atoms with E-state index in [4.69, 9.17) is 21.1 Å². The Labute approximate surface area is 217 Å². The largest absolute Gasteiger partial charge is 0.454 e. The molecule has 0 saturated carbocycles. The molecule has 0 aliphatic carbocycles. The van der Waals surface area contributed by atoms with E-state index in [-0.39, 0.29) is 17.8 Å². The fourth-order valence-corrected chi connectivity index (χ4v) is 5.30. The van der Waals surface area contributed by atoms with Crippen molar-refractivity contribution >= 4 is 29.4 Å². The fraction of sp³-hybridized carbons (Fsp3) is 0.464. The van der Waals surface area contributed by atoms with Crippen LogP contribution in [-0.4, -0.2) is 60.2 Å². The predicted molar refractivity (Wildman–Crippen MR) is 137 cm³/mol. The zero-order valence-corrected chi connectivity index (χ0v) is 21.8. The SMILES string of the molecule is CC(C)(C)OC(=O)NC(C(=O)OC1C[N+]2(CC(=O)c3ccccc3)CCC1CC2)c1ccc(Cl)cc1. The monoisotopic (exact) mass is 513 g/mol. The van der Waals surface area contributed by atoms with Gasteiger partial charge in [-0.05, 0) is 38.5 Å². The number of alkyl carbamates (subject to hydrolysis) is 1. The summed E-state index contributed by atoms with van der Waals surface area (Å²) in [6.07, 6.45) is 0.764. The Kier molecular flexibility index (Phi) is 7.71. The zero-order chi connectivity index (χ0) is 25.9. The van der Waals surface area contributed by atoms with E-state index in [1.807, 2.05) is 30.3 Å². The fourth-order valence-electron chi connectivity index (χ4n) is 5.17. The van der Waals surface area contributed by atoms with Crippen molar-refractivity contribution in [3.8, 4) is 0 Å². The van der Waals surface area contributed by atoms with Gasteiger partial charge >= 0.3 is 12.1 Å². The summed E-state index contributed by atoms with van der Waals surface area (Å²) in [6, 6.07) is 15.0. The molecule has 0 radical (unpaired) electrons. The topological polar surface area (TPSA) is 81.7 Å². The van der Waals surface area contributed by atoms with Crippen molar-refractivity contribution in [2.24, 2.45) is 5.92 Å². The summed E-state index contributed by atoms with van der Waals surface area (Å²) < 4.78 is 12.0. The van der Waals surface area contributed by atoms with Crippen LogP contribution in [0.4, 0.5) is 4.79 Å². The maximum absolute atomic E-state index is 13.4. The third kappa shape index (κ3) is 6.45. The summed E-state index contributed by atoms with van der Waals surface area (Å²) in [5.74, 6) is -0.200. The third-order valence-corrected chi connectivity index (χ3v) is 7.24. The van der Waals surface area contributed by atoms with Crippen LogP contribution in [0.3, 0.4) is 0 Å². The average molecular weight is 514 g/mol. The second-order valence-electron chi connectivity index (χ2n) is 10.9. The molecule has 36 heavy (non-hydrogen) atoms. The highest BCUT2D eigenvalue weighted by Crippen LogP contribution is 2.36. The van der Waals surface area contributed by atoms with Crippen molar-refractivity contribution in [1.82, 2.24) is 5.32 Å². The Morgan fingerprint density at radius 3 is 2.28 bits per heavy atom. The van der Waals surface area contributed by atoms with E-state index in [0.29, 0.717) is 33.7 Å². The molecule has 3 aliphatic heterocycles. The van der Waals surface area contributed by atoms with Crippen LogP contribution in [0.1, 0.15) is 55.6 Å². The number of halogens is 1. The number of hydrogen-bond donors (Lipinski definition) is 1. The molecule has 5 rings (SSSR count). The van der Waals surface area contributed by atoms with Gasteiger partial charge in [0, 0.05) is 29.3 Å².